The summed E-state index contributed by atoms with van der Waals surface area (Å²) in [5, 5.41) is 65.7. The third-order valence-corrected chi connectivity index (χ3v) is 13.6. The molecular weight excluding hydrogens is 616 g/mol. The fourth-order valence-corrected chi connectivity index (χ4v) is 11.0. The van der Waals surface area contributed by atoms with Crippen LogP contribution in [0.25, 0.3) is 0 Å². The minimum absolute atomic E-state index is 0.0370. The monoisotopic (exact) mass is 666 g/mol. The molecule has 6 fully saturated rings. The van der Waals surface area contributed by atoms with Gasteiger partial charge in [0.2, 0.25) is 0 Å². The molecule has 16 atom stereocenters. The second kappa shape index (κ2) is 12.1. The molecule has 7 rings (SSSR count). The zero-order valence-electron chi connectivity index (χ0n) is 27.1. The third kappa shape index (κ3) is 5.18. The number of esters is 1. The van der Waals surface area contributed by atoms with Gasteiger partial charge in [-0.1, -0.05) is 6.92 Å². The van der Waals surface area contributed by atoms with E-state index >= 15 is 0 Å². The molecule has 4 saturated carbocycles. The van der Waals surface area contributed by atoms with Gasteiger partial charge in [0.15, 0.2) is 12.6 Å². The molecule has 0 radical (unpaired) electrons. The minimum atomic E-state index is -1.50. The second-order valence-corrected chi connectivity index (χ2v) is 15.7. The van der Waals surface area contributed by atoms with E-state index in [2.05, 4.69) is 6.92 Å². The second-order valence-electron chi connectivity index (χ2n) is 15.7. The van der Waals surface area contributed by atoms with Crippen molar-refractivity contribution < 1.29 is 63.9 Å². The van der Waals surface area contributed by atoms with Crippen LogP contribution in [0, 0.1) is 28.6 Å². The number of aliphatic hydroxyl groups excluding tert-OH is 4. The molecule has 0 bridgehead atoms. The van der Waals surface area contributed by atoms with Crippen LogP contribution < -0.4 is 0 Å². The summed E-state index contributed by atoms with van der Waals surface area (Å²) >= 11 is 0. The molecule has 47 heavy (non-hydrogen) atoms. The highest BCUT2D eigenvalue weighted by Crippen LogP contribution is 2.70. The fourth-order valence-electron chi connectivity index (χ4n) is 11.0. The fraction of sp³-hybridized carbons (Fsp3) is 0.882. The van der Waals surface area contributed by atoms with Crippen molar-refractivity contribution >= 4 is 12.3 Å². The predicted molar refractivity (Wildman–Crippen MR) is 160 cm³/mol. The smallest absolute Gasteiger partial charge is 0.331 e. The Labute approximate surface area is 274 Å². The molecular formula is C34H50O13. The lowest BCUT2D eigenvalue weighted by molar-refractivity contribution is -0.331. The first-order valence-electron chi connectivity index (χ1n) is 17.3. The maximum Gasteiger partial charge on any atom is 0.331 e. The van der Waals surface area contributed by atoms with Crippen molar-refractivity contribution in [3.05, 3.63) is 11.6 Å². The van der Waals surface area contributed by atoms with Gasteiger partial charge < -0.3 is 59.1 Å². The summed E-state index contributed by atoms with van der Waals surface area (Å²) in [4.78, 5) is 25.0. The van der Waals surface area contributed by atoms with Crippen LogP contribution in [-0.2, 0) is 33.3 Å². The van der Waals surface area contributed by atoms with E-state index in [0.29, 0.717) is 44.9 Å². The van der Waals surface area contributed by atoms with Gasteiger partial charge in [-0.3, -0.25) is 0 Å². The maximum absolute atomic E-state index is 13.1. The van der Waals surface area contributed by atoms with Gasteiger partial charge in [0, 0.05) is 24.3 Å². The minimum Gasteiger partial charge on any atom is -0.458 e. The van der Waals surface area contributed by atoms with Crippen LogP contribution in [0.2, 0.25) is 0 Å². The Hall–Kier alpha value is -1.52. The van der Waals surface area contributed by atoms with Gasteiger partial charge in [0.25, 0.3) is 0 Å². The van der Waals surface area contributed by atoms with Crippen LogP contribution in [0.5, 0.6) is 0 Å². The lowest BCUT2D eigenvalue weighted by Gasteiger charge is -2.65. The number of carbonyl (C=O) groups is 2. The number of rotatable bonds is 6. The molecule has 264 valence electrons. The summed E-state index contributed by atoms with van der Waals surface area (Å²) in [7, 11) is 0. The van der Waals surface area contributed by atoms with Crippen molar-refractivity contribution in [2.45, 2.75) is 145 Å². The Morgan fingerprint density at radius 2 is 1.70 bits per heavy atom. The van der Waals surface area contributed by atoms with E-state index < -0.39 is 77.3 Å². The van der Waals surface area contributed by atoms with Gasteiger partial charge in [-0.15, -0.1) is 0 Å². The first-order valence-corrected chi connectivity index (χ1v) is 17.3. The molecule has 0 unspecified atom stereocenters. The van der Waals surface area contributed by atoms with E-state index in [1.807, 2.05) is 0 Å². The Balaban J connectivity index is 1.01. The van der Waals surface area contributed by atoms with Crippen molar-refractivity contribution in [3.63, 3.8) is 0 Å². The standard InChI is InChI=1S/C34H50O13/c1-17-29(47-30-28(40)27(39)24(37)15-44-30)23(36)12-26(45-17)46-19-3-8-32(16-35)21-4-7-31(2)20(18-11-25(38)43-14-18)6-10-34(31,42)22(21)5-9-33(32,41)13-19/h11,16-17,19-24,26-30,36-37,39-42H,3-10,12-15H2,1-2H3/t17-,19+,20-,21-,22+,23-,24-,26+,27-,28+,29+,30-,31+,32-,33-,34-/m0/s1. The van der Waals surface area contributed by atoms with E-state index in [9.17, 15) is 40.2 Å². The summed E-state index contributed by atoms with van der Waals surface area (Å²) in [6.07, 6.45) is -1.89. The average Bonchev–Trinajstić information content (AvgIpc) is 3.57. The van der Waals surface area contributed by atoms with Gasteiger partial charge in [-0.2, -0.15) is 0 Å². The number of fused-ring (bicyclic) bond motifs is 5. The summed E-state index contributed by atoms with van der Waals surface area (Å²) in [6.45, 7) is 3.86. The molecule has 3 heterocycles. The molecule has 0 spiro atoms. The molecule has 3 aliphatic heterocycles. The Morgan fingerprint density at radius 3 is 2.40 bits per heavy atom. The number of hydrogen-bond acceptors (Lipinski definition) is 13. The van der Waals surface area contributed by atoms with Crippen LogP contribution in [0.3, 0.4) is 0 Å². The molecule has 0 aromatic heterocycles. The van der Waals surface area contributed by atoms with Crippen molar-refractivity contribution in [2.75, 3.05) is 13.2 Å². The Morgan fingerprint density at radius 1 is 0.936 bits per heavy atom. The van der Waals surface area contributed by atoms with Crippen LogP contribution in [0.15, 0.2) is 11.6 Å². The quantitative estimate of drug-likeness (QED) is 0.128. The lowest BCUT2D eigenvalue weighted by Crippen LogP contribution is -2.69. The Kier molecular flexibility index (Phi) is 8.72. The van der Waals surface area contributed by atoms with Crippen molar-refractivity contribution in [1.29, 1.82) is 0 Å². The maximum atomic E-state index is 13.1. The molecule has 2 saturated heterocycles. The van der Waals surface area contributed by atoms with Gasteiger partial charge in [0.05, 0.1) is 41.5 Å². The van der Waals surface area contributed by atoms with Crippen LogP contribution in [0.1, 0.15) is 78.1 Å². The van der Waals surface area contributed by atoms with Crippen LogP contribution in [0.4, 0.5) is 0 Å². The lowest BCUT2D eigenvalue weighted by atomic mass is 9.41. The molecule has 13 nitrogen and oxygen atoms in total. The van der Waals surface area contributed by atoms with E-state index in [-0.39, 0.29) is 49.8 Å². The number of hydrogen-bond donors (Lipinski definition) is 6. The first-order chi connectivity index (χ1) is 22.2. The molecule has 6 N–H and O–H groups in total. The third-order valence-electron chi connectivity index (χ3n) is 13.6. The van der Waals surface area contributed by atoms with Crippen LogP contribution >= 0.6 is 0 Å². The van der Waals surface area contributed by atoms with E-state index in [1.54, 1.807) is 13.0 Å². The molecule has 4 aliphatic carbocycles. The van der Waals surface area contributed by atoms with Crippen LogP contribution in [-0.4, -0.2) is 123 Å². The topological polar surface area (TPSA) is 202 Å². The molecule has 0 aromatic carbocycles. The predicted octanol–water partition coefficient (Wildman–Crippen LogP) is 0.243. The molecule has 7 aliphatic rings. The van der Waals surface area contributed by atoms with E-state index in [1.165, 1.54) is 0 Å². The largest absolute Gasteiger partial charge is 0.458 e. The number of ether oxygens (including phenoxy) is 5. The molecule has 0 amide bonds. The van der Waals surface area contributed by atoms with Gasteiger partial charge >= 0.3 is 5.97 Å². The number of aliphatic hydroxyl groups is 6. The summed E-state index contributed by atoms with van der Waals surface area (Å²) < 4.78 is 28.7. The number of aldehydes is 1. The SMILES string of the molecule is C[C@@H]1O[C@H](O[C@@H]2CC[C@]3(C=O)[C@H]4CC[C@]5(C)[C@H](C6=CC(=O)OC6)CC[C@]5(O)[C@@H]4CC[C@]3(O)C2)C[C@H](O)[C@@H]1O[C@@H]1OC[C@H](O)[C@H](O)[C@H]1O. The van der Waals surface area contributed by atoms with Crippen molar-refractivity contribution in [3.8, 4) is 0 Å². The van der Waals surface area contributed by atoms with Crippen molar-refractivity contribution in [2.24, 2.45) is 28.6 Å². The zero-order chi connectivity index (χ0) is 33.5. The normalized spacial score (nSPS) is 54.6. The average molecular weight is 667 g/mol. The molecule has 13 heteroatoms. The summed E-state index contributed by atoms with van der Waals surface area (Å²) in [5.74, 6) is -0.635. The first kappa shape index (κ1) is 34.0. The zero-order valence-corrected chi connectivity index (χ0v) is 27.1. The highest BCUT2D eigenvalue weighted by atomic mass is 16.7. The van der Waals surface area contributed by atoms with Gasteiger partial charge in [-0.05, 0) is 81.6 Å². The highest BCUT2D eigenvalue weighted by molar-refractivity contribution is 5.85. The van der Waals surface area contributed by atoms with Gasteiger partial charge in [-0.25, -0.2) is 4.79 Å². The summed E-state index contributed by atoms with van der Waals surface area (Å²) in [5.41, 5.74) is -2.86. The number of carbonyl (C=O) groups excluding carboxylic acids is 2. The van der Waals surface area contributed by atoms with Gasteiger partial charge in [0.1, 0.15) is 37.3 Å². The van der Waals surface area contributed by atoms with E-state index in [4.69, 9.17) is 23.7 Å². The molecule has 0 aromatic rings. The number of cyclic esters (lactones) is 1. The van der Waals surface area contributed by atoms with Crippen molar-refractivity contribution in [1.82, 2.24) is 0 Å². The Bertz CT molecular complexity index is 1250. The van der Waals surface area contributed by atoms with E-state index in [0.717, 1.165) is 18.3 Å². The highest BCUT2D eigenvalue weighted by Gasteiger charge is 2.71. The summed E-state index contributed by atoms with van der Waals surface area (Å²) in [6, 6.07) is 0.